The largest absolute Gasteiger partial charge is 0.390 e. The van der Waals surface area contributed by atoms with Crippen molar-refractivity contribution in [1.29, 1.82) is 0 Å². The molecule has 0 amide bonds. The fourth-order valence-corrected chi connectivity index (χ4v) is 2.95. The molecule has 0 saturated heterocycles. The van der Waals surface area contributed by atoms with Crippen LogP contribution in [-0.2, 0) is 13.5 Å². The van der Waals surface area contributed by atoms with Crippen LogP contribution in [0.25, 0.3) is 0 Å². The van der Waals surface area contributed by atoms with Crippen LogP contribution in [0, 0.1) is 5.41 Å². The summed E-state index contributed by atoms with van der Waals surface area (Å²) in [6, 6.07) is 0. The molecule has 1 heterocycles. The Morgan fingerprint density at radius 3 is 2.72 bits per heavy atom. The molecule has 1 N–H and O–H groups in total. The molecule has 0 aliphatic heterocycles. The zero-order chi connectivity index (χ0) is 13.2. The molecule has 0 aromatic carbocycles. The van der Waals surface area contributed by atoms with Crippen LogP contribution in [0.2, 0.25) is 0 Å². The smallest absolute Gasteiger partial charge is 0.0651 e. The molecule has 102 valence electrons. The summed E-state index contributed by atoms with van der Waals surface area (Å²) in [6.07, 6.45) is 11.2. The van der Waals surface area contributed by atoms with E-state index < -0.39 is 5.60 Å². The normalized spacial score (nSPS) is 28.0. The van der Waals surface area contributed by atoms with Crippen molar-refractivity contribution in [3.8, 4) is 0 Å². The second-order valence-corrected chi connectivity index (χ2v) is 6.76. The highest BCUT2D eigenvalue weighted by Gasteiger charge is 2.33. The maximum atomic E-state index is 10.7. The lowest BCUT2D eigenvalue weighted by Crippen LogP contribution is -2.28. The first-order valence-corrected chi connectivity index (χ1v) is 7.09. The van der Waals surface area contributed by atoms with Gasteiger partial charge >= 0.3 is 0 Å². The average Bonchev–Trinajstić information content (AvgIpc) is 2.64. The molecule has 1 unspecified atom stereocenters. The lowest BCUT2D eigenvalue weighted by Gasteiger charge is -2.27. The molecule has 1 aliphatic carbocycles. The lowest BCUT2D eigenvalue weighted by atomic mass is 9.83. The molecular weight excluding hydrogens is 224 g/mol. The first kappa shape index (κ1) is 13.6. The summed E-state index contributed by atoms with van der Waals surface area (Å²) in [7, 11) is 1.94. The van der Waals surface area contributed by atoms with Crippen LogP contribution in [0.3, 0.4) is 0 Å². The second-order valence-electron chi connectivity index (χ2n) is 6.76. The summed E-state index contributed by atoms with van der Waals surface area (Å²) in [5, 5.41) is 14.9. The zero-order valence-electron chi connectivity index (χ0n) is 11.9. The van der Waals surface area contributed by atoms with Crippen LogP contribution in [0.4, 0.5) is 0 Å². The summed E-state index contributed by atoms with van der Waals surface area (Å²) in [5.41, 5.74) is 1.18. The summed E-state index contributed by atoms with van der Waals surface area (Å²) < 4.78 is 1.83. The van der Waals surface area contributed by atoms with Crippen LogP contribution in [-0.4, -0.2) is 20.5 Å². The van der Waals surface area contributed by atoms with E-state index >= 15 is 0 Å². The number of nitrogens with zero attached hydrogens (tertiary/aromatic N) is 2. The van der Waals surface area contributed by atoms with Gasteiger partial charge in [-0.1, -0.05) is 20.3 Å². The number of aliphatic hydroxyl groups is 1. The minimum atomic E-state index is -0.455. The Labute approximate surface area is 110 Å². The fraction of sp³-hybridized carbons (Fsp3) is 0.800. The van der Waals surface area contributed by atoms with Gasteiger partial charge in [0.25, 0.3) is 0 Å². The standard InChI is InChI=1S/C15H26N2O/c1-14(2)6-4-7-15(18,10-9-14)8-5-13-11-16-17(3)12-13/h11-12,18H,4-10H2,1-3H3. The quantitative estimate of drug-likeness (QED) is 0.837. The van der Waals surface area contributed by atoms with Gasteiger partial charge < -0.3 is 5.11 Å². The van der Waals surface area contributed by atoms with Gasteiger partial charge in [-0.05, 0) is 49.5 Å². The third-order valence-corrected chi connectivity index (χ3v) is 4.40. The summed E-state index contributed by atoms with van der Waals surface area (Å²) in [6.45, 7) is 4.64. The van der Waals surface area contributed by atoms with Crippen molar-refractivity contribution < 1.29 is 5.11 Å². The Kier molecular flexibility index (Phi) is 3.81. The molecule has 3 nitrogen and oxygen atoms in total. The molecule has 18 heavy (non-hydrogen) atoms. The first-order chi connectivity index (χ1) is 8.39. The molecule has 1 fully saturated rings. The van der Waals surface area contributed by atoms with Gasteiger partial charge in [-0.2, -0.15) is 5.10 Å². The van der Waals surface area contributed by atoms with Crippen LogP contribution < -0.4 is 0 Å². The van der Waals surface area contributed by atoms with Crippen LogP contribution in [0.1, 0.15) is 57.9 Å². The SMILES string of the molecule is Cn1cc(CCC2(O)CCCC(C)(C)CC2)cn1. The van der Waals surface area contributed by atoms with Gasteiger partial charge in [0.05, 0.1) is 11.8 Å². The predicted octanol–water partition coefficient (Wildman–Crippen LogP) is 3.07. The van der Waals surface area contributed by atoms with E-state index in [9.17, 15) is 5.11 Å². The van der Waals surface area contributed by atoms with Gasteiger partial charge in [0.1, 0.15) is 0 Å². The van der Waals surface area contributed by atoms with E-state index in [2.05, 4.69) is 18.9 Å². The highest BCUT2D eigenvalue weighted by molar-refractivity contribution is 5.05. The summed E-state index contributed by atoms with van der Waals surface area (Å²) in [4.78, 5) is 0. The van der Waals surface area contributed by atoms with E-state index in [-0.39, 0.29) is 0 Å². The third-order valence-electron chi connectivity index (χ3n) is 4.40. The summed E-state index contributed by atoms with van der Waals surface area (Å²) >= 11 is 0. The summed E-state index contributed by atoms with van der Waals surface area (Å²) in [5.74, 6) is 0. The van der Waals surface area contributed by atoms with Crippen LogP contribution in [0.15, 0.2) is 12.4 Å². The zero-order valence-corrected chi connectivity index (χ0v) is 11.9. The van der Waals surface area contributed by atoms with Gasteiger partial charge in [-0.25, -0.2) is 0 Å². The van der Waals surface area contributed by atoms with E-state index in [0.29, 0.717) is 5.41 Å². The Morgan fingerprint density at radius 2 is 2.06 bits per heavy atom. The van der Waals surface area contributed by atoms with Gasteiger partial charge in [0.15, 0.2) is 0 Å². The fourth-order valence-electron chi connectivity index (χ4n) is 2.95. The van der Waals surface area contributed by atoms with Crippen LogP contribution >= 0.6 is 0 Å². The van der Waals surface area contributed by atoms with Crippen molar-refractivity contribution in [1.82, 2.24) is 9.78 Å². The monoisotopic (exact) mass is 250 g/mol. The third kappa shape index (κ3) is 3.58. The van der Waals surface area contributed by atoms with E-state index in [1.165, 1.54) is 12.0 Å². The predicted molar refractivity (Wildman–Crippen MR) is 73.3 cm³/mol. The Balaban J connectivity index is 1.91. The van der Waals surface area contributed by atoms with Crippen molar-refractivity contribution >= 4 is 0 Å². The maximum absolute atomic E-state index is 10.7. The Morgan fingerprint density at radius 1 is 1.28 bits per heavy atom. The number of aromatic nitrogens is 2. The molecule has 0 bridgehead atoms. The van der Waals surface area contributed by atoms with Crippen molar-refractivity contribution in [2.75, 3.05) is 0 Å². The van der Waals surface area contributed by atoms with Gasteiger partial charge in [-0.15, -0.1) is 0 Å². The number of rotatable bonds is 3. The molecule has 2 rings (SSSR count). The van der Waals surface area contributed by atoms with Crippen molar-refractivity contribution in [3.63, 3.8) is 0 Å². The molecule has 3 heteroatoms. The van der Waals surface area contributed by atoms with Gasteiger partial charge in [0.2, 0.25) is 0 Å². The number of hydrogen-bond acceptors (Lipinski definition) is 2. The Hall–Kier alpha value is -0.830. The van der Waals surface area contributed by atoms with Gasteiger partial charge in [0, 0.05) is 13.2 Å². The van der Waals surface area contributed by atoms with Crippen molar-refractivity contribution in [2.24, 2.45) is 12.5 Å². The number of hydrogen-bond donors (Lipinski definition) is 1. The molecule has 0 radical (unpaired) electrons. The van der Waals surface area contributed by atoms with Gasteiger partial charge in [-0.3, -0.25) is 4.68 Å². The molecule has 0 spiro atoms. The Bertz CT molecular complexity index is 397. The van der Waals surface area contributed by atoms with E-state index in [4.69, 9.17) is 0 Å². The molecule has 1 atom stereocenters. The highest BCUT2D eigenvalue weighted by Crippen LogP contribution is 2.39. The van der Waals surface area contributed by atoms with E-state index in [0.717, 1.165) is 38.5 Å². The second kappa shape index (κ2) is 5.04. The molecule has 1 aliphatic rings. The van der Waals surface area contributed by atoms with E-state index in [1.54, 1.807) is 0 Å². The number of aryl methyl sites for hydroxylation is 2. The maximum Gasteiger partial charge on any atom is 0.0651 e. The minimum Gasteiger partial charge on any atom is -0.390 e. The highest BCUT2D eigenvalue weighted by atomic mass is 16.3. The van der Waals surface area contributed by atoms with Crippen molar-refractivity contribution in [3.05, 3.63) is 18.0 Å². The van der Waals surface area contributed by atoms with E-state index in [1.807, 2.05) is 24.1 Å². The molecular formula is C15H26N2O. The minimum absolute atomic E-state index is 0.402. The first-order valence-electron chi connectivity index (χ1n) is 7.09. The lowest BCUT2D eigenvalue weighted by molar-refractivity contribution is 0.0142. The molecule has 1 saturated carbocycles. The molecule has 1 aromatic rings. The topological polar surface area (TPSA) is 38.0 Å². The van der Waals surface area contributed by atoms with Crippen molar-refractivity contribution in [2.45, 2.75) is 64.4 Å². The average molecular weight is 250 g/mol. The van der Waals surface area contributed by atoms with Crippen LogP contribution in [0.5, 0.6) is 0 Å². The molecule has 1 aromatic heterocycles.